The summed E-state index contributed by atoms with van der Waals surface area (Å²) in [5.41, 5.74) is 0. The van der Waals surface area contributed by atoms with E-state index < -0.39 is 0 Å². The Morgan fingerprint density at radius 3 is 2.40 bits per heavy atom. The number of hydrogen-bond acceptors (Lipinski definition) is 4. The molecule has 0 radical (unpaired) electrons. The number of nitrogens with one attached hydrogen (secondary N) is 1. The lowest BCUT2D eigenvalue weighted by Gasteiger charge is -2.39. The highest BCUT2D eigenvalue weighted by Crippen LogP contribution is 2.14. The number of amides is 1. The maximum absolute atomic E-state index is 12.6. The fraction of sp³-hybridized carbons (Fsp3) is 0.889. The Morgan fingerprint density at radius 2 is 1.80 bits per heavy atom. The van der Waals surface area contributed by atoms with Crippen molar-refractivity contribution >= 4 is 11.9 Å². The molecule has 7 nitrogen and oxygen atoms in total. The van der Waals surface area contributed by atoms with Crippen LogP contribution in [0.15, 0.2) is 4.99 Å². The first-order chi connectivity index (χ1) is 12.2. The Hall–Kier alpha value is -1.34. The van der Waals surface area contributed by atoms with Gasteiger partial charge in [-0.2, -0.15) is 0 Å². The molecular weight excluding hydrogens is 318 g/mol. The van der Waals surface area contributed by atoms with Gasteiger partial charge in [-0.25, -0.2) is 0 Å². The summed E-state index contributed by atoms with van der Waals surface area (Å²) in [5, 5.41) is 3.41. The highest BCUT2D eigenvalue weighted by molar-refractivity contribution is 5.82. The van der Waals surface area contributed by atoms with Crippen molar-refractivity contribution in [3.05, 3.63) is 0 Å². The third kappa shape index (κ3) is 5.85. The largest absolute Gasteiger partial charge is 0.382 e. The quantitative estimate of drug-likeness (QED) is 0.413. The fourth-order valence-corrected chi connectivity index (χ4v) is 3.53. The average molecular weight is 354 g/mol. The topological polar surface area (TPSA) is 60.4 Å². The second-order valence-electron chi connectivity index (χ2n) is 6.76. The van der Waals surface area contributed by atoms with E-state index >= 15 is 0 Å². The van der Waals surface area contributed by atoms with Crippen LogP contribution in [-0.4, -0.2) is 98.7 Å². The van der Waals surface area contributed by atoms with Crippen molar-refractivity contribution in [3.63, 3.8) is 0 Å². The molecule has 1 unspecified atom stereocenters. The van der Waals surface area contributed by atoms with E-state index in [0.717, 1.165) is 84.2 Å². The van der Waals surface area contributed by atoms with Crippen LogP contribution in [0.3, 0.4) is 0 Å². The van der Waals surface area contributed by atoms with E-state index in [0.29, 0.717) is 5.91 Å². The third-order valence-electron chi connectivity index (χ3n) is 5.10. The summed E-state index contributed by atoms with van der Waals surface area (Å²) in [4.78, 5) is 23.6. The molecule has 1 atom stereocenters. The number of guanidine groups is 1. The van der Waals surface area contributed by atoms with E-state index in [1.54, 1.807) is 0 Å². The van der Waals surface area contributed by atoms with Crippen LogP contribution in [0.5, 0.6) is 0 Å². The van der Waals surface area contributed by atoms with Crippen molar-refractivity contribution in [1.29, 1.82) is 0 Å². The van der Waals surface area contributed by atoms with Gasteiger partial charge in [-0.1, -0.05) is 0 Å². The first-order valence-electron chi connectivity index (χ1n) is 9.73. The van der Waals surface area contributed by atoms with Gasteiger partial charge in [0.15, 0.2) is 5.96 Å². The summed E-state index contributed by atoms with van der Waals surface area (Å²) < 4.78 is 5.36. The molecule has 25 heavy (non-hydrogen) atoms. The molecule has 0 aromatic heterocycles. The third-order valence-corrected chi connectivity index (χ3v) is 5.10. The minimum atomic E-state index is -0.0126. The SMILES string of the molecule is CCOCCCNC(=NC)N1CCN(C(C)C(=O)N2CCCC2)CC1. The zero-order valence-electron chi connectivity index (χ0n) is 16.2. The van der Waals surface area contributed by atoms with E-state index in [1.807, 2.05) is 18.9 Å². The number of ether oxygens (including phenoxy) is 1. The van der Waals surface area contributed by atoms with E-state index in [4.69, 9.17) is 4.74 Å². The number of nitrogens with zero attached hydrogens (tertiary/aromatic N) is 4. The van der Waals surface area contributed by atoms with Gasteiger partial charge in [-0.15, -0.1) is 0 Å². The number of piperazine rings is 1. The molecular formula is C18H35N5O2. The standard InChI is InChI=1S/C18H35N5O2/c1-4-25-15-7-8-20-18(19-3)23-13-11-21(12-14-23)16(2)17(24)22-9-5-6-10-22/h16H,4-15H2,1-3H3,(H,19,20). The molecule has 0 bridgehead atoms. The van der Waals surface area contributed by atoms with Crippen LogP contribution in [0, 0.1) is 0 Å². The first-order valence-corrected chi connectivity index (χ1v) is 9.73. The number of rotatable bonds is 7. The maximum atomic E-state index is 12.6. The summed E-state index contributed by atoms with van der Waals surface area (Å²) in [7, 11) is 1.83. The molecule has 2 heterocycles. The van der Waals surface area contributed by atoms with Crippen LogP contribution in [-0.2, 0) is 9.53 Å². The van der Waals surface area contributed by atoms with Gasteiger partial charge < -0.3 is 19.9 Å². The Kier molecular flexibility index (Phi) is 8.48. The normalized spacial score (nSPS) is 20.8. The zero-order valence-corrected chi connectivity index (χ0v) is 16.2. The van der Waals surface area contributed by atoms with Crippen molar-refractivity contribution < 1.29 is 9.53 Å². The lowest BCUT2D eigenvalue weighted by atomic mass is 10.2. The highest BCUT2D eigenvalue weighted by atomic mass is 16.5. The van der Waals surface area contributed by atoms with Gasteiger partial charge in [-0.05, 0) is 33.1 Å². The molecule has 2 rings (SSSR count). The van der Waals surface area contributed by atoms with E-state index in [1.165, 1.54) is 0 Å². The average Bonchev–Trinajstić information content (AvgIpc) is 3.18. The van der Waals surface area contributed by atoms with E-state index in [-0.39, 0.29) is 6.04 Å². The Bertz CT molecular complexity index is 429. The molecule has 7 heteroatoms. The minimum absolute atomic E-state index is 0.0126. The van der Waals surface area contributed by atoms with Crippen LogP contribution < -0.4 is 5.32 Å². The summed E-state index contributed by atoms with van der Waals surface area (Å²) in [6.07, 6.45) is 3.28. The summed E-state index contributed by atoms with van der Waals surface area (Å²) in [6.45, 7) is 12.0. The molecule has 0 aliphatic carbocycles. The van der Waals surface area contributed by atoms with Gasteiger partial charge in [0, 0.05) is 66.1 Å². The first kappa shape index (κ1) is 20.0. The van der Waals surface area contributed by atoms with Gasteiger partial charge in [0.05, 0.1) is 6.04 Å². The van der Waals surface area contributed by atoms with Crippen molar-refractivity contribution in [3.8, 4) is 0 Å². The Morgan fingerprint density at radius 1 is 1.12 bits per heavy atom. The molecule has 0 aromatic rings. The molecule has 2 aliphatic rings. The van der Waals surface area contributed by atoms with Gasteiger partial charge in [0.25, 0.3) is 0 Å². The predicted molar refractivity (Wildman–Crippen MR) is 101 cm³/mol. The van der Waals surface area contributed by atoms with Crippen molar-refractivity contribution in [1.82, 2.24) is 20.0 Å². The van der Waals surface area contributed by atoms with Gasteiger partial charge in [0.2, 0.25) is 5.91 Å². The van der Waals surface area contributed by atoms with Crippen LogP contribution in [0.4, 0.5) is 0 Å². The maximum Gasteiger partial charge on any atom is 0.239 e. The molecule has 1 amide bonds. The monoisotopic (exact) mass is 353 g/mol. The van der Waals surface area contributed by atoms with Gasteiger partial charge in [0.1, 0.15) is 0 Å². The molecule has 1 N–H and O–H groups in total. The smallest absolute Gasteiger partial charge is 0.239 e. The molecule has 0 aromatic carbocycles. The Balaban J connectivity index is 1.72. The van der Waals surface area contributed by atoms with Crippen LogP contribution in [0.25, 0.3) is 0 Å². The number of aliphatic imine (C=N–C) groups is 1. The lowest BCUT2D eigenvalue weighted by Crippen LogP contribution is -2.57. The predicted octanol–water partition coefficient (Wildman–Crippen LogP) is 0.617. The van der Waals surface area contributed by atoms with Crippen LogP contribution in [0.1, 0.15) is 33.1 Å². The second kappa shape index (κ2) is 10.6. The van der Waals surface area contributed by atoms with E-state index in [2.05, 4.69) is 27.0 Å². The molecule has 0 saturated carbocycles. The minimum Gasteiger partial charge on any atom is -0.382 e. The summed E-state index contributed by atoms with van der Waals surface area (Å²) in [6, 6.07) is -0.0126. The molecule has 144 valence electrons. The number of hydrogen-bond donors (Lipinski definition) is 1. The fourth-order valence-electron chi connectivity index (χ4n) is 3.53. The zero-order chi connectivity index (χ0) is 18.1. The summed E-state index contributed by atoms with van der Waals surface area (Å²) >= 11 is 0. The molecule has 2 fully saturated rings. The highest BCUT2D eigenvalue weighted by Gasteiger charge is 2.30. The molecule has 2 aliphatic heterocycles. The van der Waals surface area contributed by atoms with Crippen LogP contribution in [0.2, 0.25) is 0 Å². The van der Waals surface area contributed by atoms with Crippen molar-refractivity contribution in [2.75, 3.05) is 66.1 Å². The van der Waals surface area contributed by atoms with Gasteiger partial charge >= 0.3 is 0 Å². The molecule has 2 saturated heterocycles. The molecule has 0 spiro atoms. The van der Waals surface area contributed by atoms with Gasteiger partial charge in [-0.3, -0.25) is 14.7 Å². The number of carbonyl (C=O) groups is 1. The lowest BCUT2D eigenvalue weighted by molar-refractivity contribution is -0.135. The van der Waals surface area contributed by atoms with Crippen LogP contribution >= 0.6 is 0 Å². The van der Waals surface area contributed by atoms with E-state index in [9.17, 15) is 4.79 Å². The summed E-state index contributed by atoms with van der Waals surface area (Å²) in [5.74, 6) is 1.25. The van der Waals surface area contributed by atoms with Crippen molar-refractivity contribution in [2.24, 2.45) is 4.99 Å². The number of likely N-dealkylation sites (tertiary alicyclic amines) is 1. The Labute approximate surface area is 152 Å². The second-order valence-corrected chi connectivity index (χ2v) is 6.76. The van der Waals surface area contributed by atoms with Crippen molar-refractivity contribution in [2.45, 2.75) is 39.2 Å². The number of carbonyl (C=O) groups excluding carboxylic acids is 1.